The van der Waals surface area contributed by atoms with E-state index >= 15 is 0 Å². The van der Waals surface area contributed by atoms with E-state index in [-0.39, 0.29) is 23.8 Å². The smallest absolute Gasteiger partial charge is 0.277 e. The molecule has 184 valence electrons. The maximum absolute atomic E-state index is 13.8. The standard InChI is InChI=1S/C25H32FN5O2.ClH/c1-2-18-33-24-11-10-20(26)19-23(24)30-16-14-29(15-17-30)12-6-3-7-13-31-25(32)21-8-4-5-9-22(21)27-28-31;/h4-5,8-11,19H,2-3,6-7,12-18H2,1H3;1H. The molecule has 0 spiro atoms. The average molecular weight is 490 g/mol. The average Bonchev–Trinajstić information content (AvgIpc) is 2.85. The van der Waals surface area contributed by atoms with Gasteiger partial charge in [0.05, 0.1) is 17.7 Å². The normalized spacial score (nSPS) is 14.2. The first-order valence-electron chi connectivity index (χ1n) is 11.9. The van der Waals surface area contributed by atoms with Gasteiger partial charge < -0.3 is 9.64 Å². The Hall–Kier alpha value is -2.71. The van der Waals surface area contributed by atoms with Gasteiger partial charge in [0.2, 0.25) is 0 Å². The molecule has 9 heteroatoms. The topological polar surface area (TPSA) is 63.5 Å². The fraction of sp³-hybridized carbons (Fsp3) is 0.480. The maximum Gasteiger partial charge on any atom is 0.277 e. The summed E-state index contributed by atoms with van der Waals surface area (Å²) in [5.74, 6) is 0.533. The van der Waals surface area contributed by atoms with Crippen molar-refractivity contribution in [1.82, 2.24) is 19.9 Å². The molecule has 0 atom stereocenters. The summed E-state index contributed by atoms with van der Waals surface area (Å²) in [5.41, 5.74) is 1.42. The van der Waals surface area contributed by atoms with Gasteiger partial charge in [-0.15, -0.1) is 17.5 Å². The van der Waals surface area contributed by atoms with E-state index in [1.165, 1.54) is 10.7 Å². The molecule has 0 amide bonds. The maximum atomic E-state index is 13.8. The van der Waals surface area contributed by atoms with Gasteiger partial charge in [-0.25, -0.2) is 9.07 Å². The van der Waals surface area contributed by atoms with Crippen LogP contribution in [0.25, 0.3) is 10.9 Å². The third-order valence-electron chi connectivity index (χ3n) is 6.07. The van der Waals surface area contributed by atoms with E-state index in [2.05, 4.69) is 27.0 Å². The number of piperazine rings is 1. The molecule has 1 aliphatic heterocycles. The molecule has 1 aromatic heterocycles. The Balaban J connectivity index is 0.00000324. The van der Waals surface area contributed by atoms with Crippen molar-refractivity contribution in [1.29, 1.82) is 0 Å². The van der Waals surface area contributed by atoms with Crippen LogP contribution in [0.4, 0.5) is 10.1 Å². The SMILES string of the molecule is CCCOc1ccc(F)cc1N1CCN(CCCCCn2nnc3ccccc3c2=O)CC1.Cl. The van der Waals surface area contributed by atoms with Gasteiger partial charge >= 0.3 is 0 Å². The number of halogens is 2. The van der Waals surface area contributed by atoms with Crippen LogP contribution in [-0.4, -0.2) is 59.2 Å². The number of ether oxygens (including phenoxy) is 1. The van der Waals surface area contributed by atoms with Crippen molar-refractivity contribution >= 4 is 29.0 Å². The summed E-state index contributed by atoms with van der Waals surface area (Å²) < 4.78 is 21.1. The van der Waals surface area contributed by atoms with E-state index in [9.17, 15) is 9.18 Å². The molecule has 0 bridgehead atoms. The first-order chi connectivity index (χ1) is 16.2. The molecule has 1 fully saturated rings. The first kappa shape index (κ1) is 25.9. The molecule has 3 aromatic rings. The van der Waals surface area contributed by atoms with Gasteiger partial charge in [0.25, 0.3) is 5.56 Å². The summed E-state index contributed by atoms with van der Waals surface area (Å²) in [7, 11) is 0. The second kappa shape index (κ2) is 12.7. The Morgan fingerprint density at radius 2 is 1.76 bits per heavy atom. The molecule has 7 nitrogen and oxygen atoms in total. The highest BCUT2D eigenvalue weighted by Gasteiger charge is 2.20. The quantitative estimate of drug-likeness (QED) is 0.399. The highest BCUT2D eigenvalue weighted by molar-refractivity contribution is 5.85. The summed E-state index contributed by atoms with van der Waals surface area (Å²) in [6, 6.07) is 12.1. The number of nitrogens with zero attached hydrogens (tertiary/aromatic N) is 5. The predicted molar refractivity (Wildman–Crippen MR) is 136 cm³/mol. The Labute approximate surface area is 205 Å². The second-order valence-electron chi connectivity index (χ2n) is 8.48. The predicted octanol–water partition coefficient (Wildman–Crippen LogP) is 4.13. The van der Waals surface area contributed by atoms with E-state index in [4.69, 9.17) is 4.74 Å². The van der Waals surface area contributed by atoms with Crippen LogP contribution in [0.3, 0.4) is 0 Å². The minimum Gasteiger partial charge on any atom is -0.491 e. The summed E-state index contributed by atoms with van der Waals surface area (Å²) in [6.07, 6.45) is 3.92. The first-order valence-corrected chi connectivity index (χ1v) is 11.9. The molecular formula is C25H33ClFN5O2. The zero-order chi connectivity index (χ0) is 23.0. The zero-order valence-electron chi connectivity index (χ0n) is 19.7. The van der Waals surface area contributed by atoms with Crippen LogP contribution in [0.5, 0.6) is 5.75 Å². The highest BCUT2D eigenvalue weighted by atomic mass is 35.5. The molecular weight excluding hydrogens is 457 g/mol. The van der Waals surface area contributed by atoms with Crippen LogP contribution in [0.1, 0.15) is 32.6 Å². The molecule has 0 aliphatic carbocycles. The fourth-order valence-corrected chi connectivity index (χ4v) is 4.23. The number of hydrogen-bond donors (Lipinski definition) is 0. The van der Waals surface area contributed by atoms with E-state index < -0.39 is 0 Å². The summed E-state index contributed by atoms with van der Waals surface area (Å²) in [5, 5.41) is 8.82. The third kappa shape index (κ3) is 6.45. The third-order valence-corrected chi connectivity index (χ3v) is 6.07. The number of hydrogen-bond acceptors (Lipinski definition) is 6. The van der Waals surface area contributed by atoms with Crippen molar-refractivity contribution in [3.05, 3.63) is 58.6 Å². The van der Waals surface area contributed by atoms with Gasteiger partial charge in [0, 0.05) is 38.8 Å². The highest BCUT2D eigenvalue weighted by Crippen LogP contribution is 2.30. The molecule has 0 saturated carbocycles. The molecule has 1 aliphatic rings. The number of fused-ring (bicyclic) bond motifs is 1. The summed E-state index contributed by atoms with van der Waals surface area (Å²) in [6.45, 7) is 7.91. The summed E-state index contributed by atoms with van der Waals surface area (Å²) in [4.78, 5) is 17.2. The van der Waals surface area contributed by atoms with Crippen LogP contribution >= 0.6 is 12.4 Å². The van der Waals surface area contributed by atoms with Crippen molar-refractivity contribution in [2.75, 3.05) is 44.2 Å². The van der Waals surface area contributed by atoms with E-state index in [0.29, 0.717) is 24.1 Å². The largest absolute Gasteiger partial charge is 0.491 e. The van der Waals surface area contributed by atoms with Crippen LogP contribution < -0.4 is 15.2 Å². The van der Waals surface area contributed by atoms with Crippen LogP contribution in [0, 0.1) is 5.82 Å². The molecule has 34 heavy (non-hydrogen) atoms. The Morgan fingerprint density at radius 3 is 2.56 bits per heavy atom. The van der Waals surface area contributed by atoms with Crippen molar-refractivity contribution in [2.24, 2.45) is 0 Å². The number of anilines is 1. The van der Waals surface area contributed by atoms with Gasteiger partial charge in [0.1, 0.15) is 17.1 Å². The second-order valence-corrected chi connectivity index (χ2v) is 8.48. The van der Waals surface area contributed by atoms with Crippen LogP contribution in [-0.2, 0) is 6.54 Å². The molecule has 1 saturated heterocycles. The minimum absolute atomic E-state index is 0. The Bertz CT molecular complexity index is 1120. The molecule has 0 radical (unpaired) electrons. The van der Waals surface area contributed by atoms with Crippen LogP contribution in [0.2, 0.25) is 0 Å². The number of aryl methyl sites for hydroxylation is 1. The van der Waals surface area contributed by atoms with Gasteiger partial charge in [-0.1, -0.05) is 30.7 Å². The van der Waals surface area contributed by atoms with E-state index in [0.717, 1.165) is 69.8 Å². The minimum atomic E-state index is -0.230. The van der Waals surface area contributed by atoms with Crippen molar-refractivity contribution in [2.45, 2.75) is 39.2 Å². The lowest BCUT2D eigenvalue weighted by molar-refractivity contribution is 0.249. The number of aromatic nitrogens is 3. The Kier molecular flexibility index (Phi) is 9.65. The van der Waals surface area contributed by atoms with Crippen LogP contribution in [0.15, 0.2) is 47.3 Å². The summed E-state index contributed by atoms with van der Waals surface area (Å²) >= 11 is 0. The molecule has 2 aromatic carbocycles. The van der Waals surface area contributed by atoms with Gasteiger partial charge in [-0.05, 0) is 50.1 Å². The molecule has 2 heterocycles. The number of unbranched alkanes of at least 4 members (excludes halogenated alkanes) is 2. The molecule has 4 rings (SSSR count). The fourth-order valence-electron chi connectivity index (χ4n) is 4.23. The zero-order valence-corrected chi connectivity index (χ0v) is 20.5. The molecule has 0 N–H and O–H groups in total. The van der Waals surface area contributed by atoms with Crippen molar-refractivity contribution < 1.29 is 9.13 Å². The van der Waals surface area contributed by atoms with Gasteiger partial charge in [-0.3, -0.25) is 9.69 Å². The molecule has 0 unspecified atom stereocenters. The lowest BCUT2D eigenvalue weighted by Crippen LogP contribution is -2.46. The van der Waals surface area contributed by atoms with Gasteiger partial charge in [-0.2, -0.15) is 0 Å². The number of rotatable bonds is 10. The number of benzene rings is 2. The lowest BCUT2D eigenvalue weighted by atomic mass is 10.2. The Morgan fingerprint density at radius 1 is 1.00 bits per heavy atom. The van der Waals surface area contributed by atoms with Crippen molar-refractivity contribution in [3.63, 3.8) is 0 Å². The van der Waals surface area contributed by atoms with Crippen molar-refractivity contribution in [3.8, 4) is 5.75 Å². The monoisotopic (exact) mass is 489 g/mol. The lowest BCUT2D eigenvalue weighted by Gasteiger charge is -2.36. The van der Waals surface area contributed by atoms with Gasteiger partial charge in [0.15, 0.2) is 0 Å². The van der Waals surface area contributed by atoms with E-state index in [1.807, 2.05) is 12.1 Å². The van der Waals surface area contributed by atoms with E-state index in [1.54, 1.807) is 24.3 Å².